The van der Waals surface area contributed by atoms with Crippen molar-refractivity contribution in [1.82, 2.24) is 19.4 Å². The zero-order valence-corrected chi connectivity index (χ0v) is 14.2. The zero-order valence-electron chi connectivity index (χ0n) is 13.4. The summed E-state index contributed by atoms with van der Waals surface area (Å²) in [5.74, 6) is 0. The molecule has 0 amide bonds. The average molecular weight is 314 g/mol. The van der Waals surface area contributed by atoms with Crippen LogP contribution in [-0.2, 0) is 16.6 Å². The Kier molecular flexibility index (Phi) is 5.06. The van der Waals surface area contributed by atoms with Crippen LogP contribution < -0.4 is 5.32 Å². The highest BCUT2D eigenvalue weighted by atomic mass is 32.2. The average Bonchev–Trinajstić information content (AvgIpc) is 2.95. The van der Waals surface area contributed by atoms with Crippen molar-refractivity contribution >= 4 is 10.0 Å². The Labute approximate surface area is 127 Å². The molecule has 1 fully saturated rings. The van der Waals surface area contributed by atoms with Gasteiger partial charge < -0.3 is 5.32 Å². The topological polar surface area (TPSA) is 67.2 Å². The van der Waals surface area contributed by atoms with Crippen molar-refractivity contribution in [3.63, 3.8) is 0 Å². The van der Waals surface area contributed by atoms with Gasteiger partial charge in [0.25, 0.3) is 0 Å². The fourth-order valence-electron chi connectivity index (χ4n) is 3.06. The summed E-state index contributed by atoms with van der Waals surface area (Å²) in [6, 6.07) is 0.0847. The molecule has 1 aromatic rings. The predicted molar refractivity (Wildman–Crippen MR) is 82.8 cm³/mol. The lowest BCUT2D eigenvalue weighted by atomic mass is 10.3. The second kappa shape index (κ2) is 6.46. The van der Waals surface area contributed by atoms with Crippen molar-refractivity contribution in [2.24, 2.45) is 0 Å². The highest BCUT2D eigenvalue weighted by Crippen LogP contribution is 2.29. The number of hydrogen-bond donors (Lipinski definition) is 1. The van der Waals surface area contributed by atoms with E-state index in [-0.39, 0.29) is 6.04 Å². The molecule has 0 saturated carbocycles. The highest BCUT2D eigenvalue weighted by molar-refractivity contribution is 7.89. The molecule has 1 aliphatic heterocycles. The third-order valence-corrected chi connectivity index (χ3v) is 6.44. The molecule has 21 heavy (non-hydrogen) atoms. The smallest absolute Gasteiger partial charge is 0.246 e. The van der Waals surface area contributed by atoms with Crippen LogP contribution in [0.3, 0.4) is 0 Å². The fourth-order valence-corrected chi connectivity index (χ4v) is 5.13. The van der Waals surface area contributed by atoms with E-state index in [4.69, 9.17) is 0 Å². The van der Waals surface area contributed by atoms with Crippen molar-refractivity contribution in [1.29, 1.82) is 0 Å². The molecule has 2 rings (SSSR count). The van der Waals surface area contributed by atoms with Gasteiger partial charge in [-0.3, -0.25) is 4.68 Å². The van der Waals surface area contributed by atoms with E-state index in [2.05, 4.69) is 10.4 Å². The van der Waals surface area contributed by atoms with E-state index < -0.39 is 10.0 Å². The number of nitrogens with one attached hydrogen (secondary N) is 1. The number of nitrogens with zero attached hydrogens (tertiary/aromatic N) is 3. The minimum absolute atomic E-state index is 0.0847. The maximum atomic E-state index is 12.9. The van der Waals surface area contributed by atoms with Crippen LogP contribution in [0.2, 0.25) is 0 Å². The maximum absolute atomic E-state index is 12.9. The first kappa shape index (κ1) is 16.5. The van der Waals surface area contributed by atoms with Crippen molar-refractivity contribution in [2.45, 2.75) is 57.5 Å². The first-order chi connectivity index (χ1) is 9.89. The summed E-state index contributed by atoms with van der Waals surface area (Å²) in [6.45, 7) is 7.87. The van der Waals surface area contributed by atoms with Gasteiger partial charge in [-0.05, 0) is 53.6 Å². The molecule has 1 N–H and O–H groups in total. The summed E-state index contributed by atoms with van der Waals surface area (Å²) < 4.78 is 29.2. The first-order valence-electron chi connectivity index (χ1n) is 7.60. The number of aromatic nitrogens is 2. The molecule has 1 aliphatic rings. The van der Waals surface area contributed by atoms with E-state index in [0.29, 0.717) is 17.1 Å². The van der Waals surface area contributed by atoms with Crippen molar-refractivity contribution in [3.8, 4) is 0 Å². The summed E-state index contributed by atoms with van der Waals surface area (Å²) in [6.07, 6.45) is 2.81. The molecule has 1 aromatic heterocycles. The number of hydrogen-bond acceptors (Lipinski definition) is 4. The summed E-state index contributed by atoms with van der Waals surface area (Å²) >= 11 is 0. The molecule has 0 aliphatic carbocycles. The van der Waals surface area contributed by atoms with Gasteiger partial charge in [0, 0.05) is 19.1 Å². The van der Waals surface area contributed by atoms with Crippen molar-refractivity contribution in [3.05, 3.63) is 11.4 Å². The van der Waals surface area contributed by atoms with E-state index in [0.717, 1.165) is 38.0 Å². The van der Waals surface area contributed by atoms with Gasteiger partial charge in [0.05, 0.1) is 11.4 Å². The third kappa shape index (κ3) is 3.14. The molecule has 0 bridgehead atoms. The minimum Gasteiger partial charge on any atom is -0.320 e. The van der Waals surface area contributed by atoms with Gasteiger partial charge in [-0.2, -0.15) is 9.40 Å². The molecule has 6 nitrogen and oxygen atoms in total. The second-order valence-corrected chi connectivity index (χ2v) is 7.61. The Morgan fingerprint density at radius 2 is 2.10 bits per heavy atom. The molecule has 7 heteroatoms. The molecular weight excluding hydrogens is 288 g/mol. The van der Waals surface area contributed by atoms with Crippen LogP contribution in [-0.4, -0.2) is 48.7 Å². The number of aryl methyl sites for hydroxylation is 2. The maximum Gasteiger partial charge on any atom is 0.246 e. The Balaban J connectivity index is 2.31. The van der Waals surface area contributed by atoms with Crippen LogP contribution >= 0.6 is 0 Å². The first-order valence-corrected chi connectivity index (χ1v) is 9.04. The zero-order chi connectivity index (χ0) is 15.6. The molecule has 120 valence electrons. The second-order valence-electron chi connectivity index (χ2n) is 5.79. The van der Waals surface area contributed by atoms with E-state index in [1.807, 2.05) is 25.6 Å². The number of sulfonamides is 1. The largest absolute Gasteiger partial charge is 0.320 e. The van der Waals surface area contributed by atoms with E-state index in [1.165, 1.54) is 0 Å². The van der Waals surface area contributed by atoms with Gasteiger partial charge in [0.15, 0.2) is 0 Å². The van der Waals surface area contributed by atoms with Gasteiger partial charge in [-0.1, -0.05) is 0 Å². The fraction of sp³-hybridized carbons (Fsp3) is 0.786. The molecule has 0 radical (unpaired) electrons. The van der Waals surface area contributed by atoms with Crippen LogP contribution in [0, 0.1) is 13.8 Å². The molecule has 1 unspecified atom stereocenters. The van der Waals surface area contributed by atoms with Crippen LogP contribution in [0.5, 0.6) is 0 Å². The van der Waals surface area contributed by atoms with Gasteiger partial charge >= 0.3 is 0 Å². The van der Waals surface area contributed by atoms with Gasteiger partial charge in [-0.15, -0.1) is 0 Å². The summed E-state index contributed by atoms with van der Waals surface area (Å²) in [5.41, 5.74) is 1.36. The van der Waals surface area contributed by atoms with Crippen LogP contribution in [0.4, 0.5) is 0 Å². The lowest BCUT2D eigenvalue weighted by molar-refractivity contribution is 0.407. The van der Waals surface area contributed by atoms with Crippen LogP contribution in [0.1, 0.15) is 37.6 Å². The normalized spacial score (nSPS) is 20.3. The Hall–Kier alpha value is -0.920. The number of rotatable bonds is 6. The monoisotopic (exact) mass is 314 g/mol. The van der Waals surface area contributed by atoms with Gasteiger partial charge in [0.2, 0.25) is 10.0 Å². The molecule has 1 saturated heterocycles. The van der Waals surface area contributed by atoms with E-state index in [9.17, 15) is 8.42 Å². The molecule has 0 spiro atoms. The summed E-state index contributed by atoms with van der Waals surface area (Å²) in [5, 5.41) is 7.52. The molecule has 1 atom stereocenters. The van der Waals surface area contributed by atoms with Gasteiger partial charge in [-0.25, -0.2) is 8.42 Å². The van der Waals surface area contributed by atoms with Crippen molar-refractivity contribution in [2.75, 3.05) is 20.1 Å². The Morgan fingerprint density at radius 1 is 1.38 bits per heavy atom. The molecule has 2 heterocycles. The predicted octanol–water partition coefficient (Wildman–Crippen LogP) is 1.28. The van der Waals surface area contributed by atoms with Crippen LogP contribution in [0.15, 0.2) is 4.90 Å². The Bertz CT molecular complexity index is 594. The highest BCUT2D eigenvalue weighted by Gasteiger charge is 2.36. The van der Waals surface area contributed by atoms with E-state index >= 15 is 0 Å². The van der Waals surface area contributed by atoms with E-state index in [1.54, 1.807) is 11.2 Å². The van der Waals surface area contributed by atoms with Gasteiger partial charge in [0.1, 0.15) is 4.90 Å². The molecular formula is C14H26N4O2S. The third-order valence-electron chi connectivity index (χ3n) is 4.17. The minimum atomic E-state index is -3.42. The lowest BCUT2D eigenvalue weighted by Gasteiger charge is -2.21. The SMILES string of the molecule is CNCCCn1nc(C)c(S(=O)(=O)N2CCCC2C)c1C. The quantitative estimate of drug-likeness (QED) is 0.803. The Morgan fingerprint density at radius 3 is 2.67 bits per heavy atom. The lowest BCUT2D eigenvalue weighted by Crippen LogP contribution is -2.34. The summed E-state index contributed by atoms with van der Waals surface area (Å²) in [4.78, 5) is 0.403. The van der Waals surface area contributed by atoms with Crippen LogP contribution in [0.25, 0.3) is 0 Å². The summed E-state index contributed by atoms with van der Waals surface area (Å²) in [7, 11) is -1.52. The standard InChI is InChI=1S/C14H26N4O2S/c1-11-7-5-10-18(11)21(19,20)14-12(2)16-17(13(14)3)9-6-8-15-4/h11,15H,5-10H2,1-4H3. The van der Waals surface area contributed by atoms with Crippen molar-refractivity contribution < 1.29 is 8.42 Å². The molecule has 0 aromatic carbocycles.